The number of aliphatic imine (C=N–C) groups is 1. The Morgan fingerprint density at radius 1 is 1.10 bits per heavy atom. The summed E-state index contributed by atoms with van der Waals surface area (Å²) in [6.45, 7) is 9.33. The molecule has 2 aromatic rings. The van der Waals surface area contributed by atoms with Crippen molar-refractivity contribution in [3.8, 4) is 0 Å². The predicted octanol–water partition coefficient (Wildman–Crippen LogP) is 6.27. The lowest BCUT2D eigenvalue weighted by Crippen LogP contribution is -2.13. The summed E-state index contributed by atoms with van der Waals surface area (Å²) in [6, 6.07) is 13.0. The Balaban J connectivity index is 2.52. The van der Waals surface area contributed by atoms with Crippen molar-refractivity contribution in [2.24, 2.45) is 4.99 Å². The molecule has 0 radical (unpaired) electrons. The molecule has 3 heteroatoms. The van der Waals surface area contributed by atoms with Gasteiger partial charge >= 0.3 is 0 Å². The molecule has 0 spiro atoms. The lowest BCUT2D eigenvalue weighted by atomic mass is 10.1. The standard InChI is InChI=1S/C17H23NSSi/c1-5-6-13-18-17-15-10-8-7-9-14(15)11-12-16(17)19-20(2,3)4/h7-13H,5-6H2,1-4H3. The number of unbranched alkanes of at least 4 members (excludes halogenated alkanes) is 1. The quantitative estimate of drug-likeness (QED) is 0.468. The molecule has 0 N–H and O–H groups in total. The number of rotatable bonds is 5. The van der Waals surface area contributed by atoms with E-state index in [1.54, 1.807) is 0 Å². The van der Waals surface area contributed by atoms with E-state index < -0.39 is 7.22 Å². The average Bonchev–Trinajstić information content (AvgIpc) is 2.39. The molecular weight excluding hydrogens is 278 g/mol. The van der Waals surface area contributed by atoms with Crippen molar-refractivity contribution in [1.82, 2.24) is 0 Å². The normalized spacial score (nSPS) is 12.4. The molecule has 0 aliphatic rings. The predicted molar refractivity (Wildman–Crippen MR) is 96.2 cm³/mol. The van der Waals surface area contributed by atoms with E-state index in [1.807, 2.05) is 11.2 Å². The van der Waals surface area contributed by atoms with E-state index in [0.29, 0.717) is 0 Å². The summed E-state index contributed by atoms with van der Waals surface area (Å²) in [5, 5.41) is 2.54. The number of fused-ring (bicyclic) bond motifs is 1. The van der Waals surface area contributed by atoms with Gasteiger partial charge in [-0.05, 0) is 17.9 Å². The molecule has 106 valence electrons. The van der Waals surface area contributed by atoms with Gasteiger partial charge in [-0.25, -0.2) is 0 Å². The maximum atomic E-state index is 4.78. The Hall–Kier alpha value is -1.06. The van der Waals surface area contributed by atoms with Gasteiger partial charge in [0.2, 0.25) is 0 Å². The summed E-state index contributed by atoms with van der Waals surface area (Å²) >= 11 is 2.03. The van der Waals surface area contributed by atoms with Gasteiger partial charge in [0.05, 0.1) is 5.69 Å². The molecule has 20 heavy (non-hydrogen) atoms. The van der Waals surface area contributed by atoms with E-state index >= 15 is 0 Å². The van der Waals surface area contributed by atoms with Crippen molar-refractivity contribution in [1.29, 1.82) is 0 Å². The van der Waals surface area contributed by atoms with Crippen molar-refractivity contribution >= 4 is 41.1 Å². The van der Waals surface area contributed by atoms with Crippen LogP contribution in [0.25, 0.3) is 10.8 Å². The van der Waals surface area contributed by atoms with Crippen LogP contribution in [0, 0.1) is 0 Å². The van der Waals surface area contributed by atoms with E-state index in [1.165, 1.54) is 15.7 Å². The molecule has 0 unspecified atom stereocenters. The van der Waals surface area contributed by atoms with Crippen LogP contribution in [0.4, 0.5) is 5.69 Å². The van der Waals surface area contributed by atoms with Crippen molar-refractivity contribution in [2.45, 2.75) is 44.3 Å². The minimum atomic E-state index is -1.22. The minimum absolute atomic E-state index is 1.04. The molecule has 0 aliphatic heterocycles. The summed E-state index contributed by atoms with van der Waals surface area (Å²) in [5.41, 5.74) is 1.16. The van der Waals surface area contributed by atoms with Crippen LogP contribution in [-0.2, 0) is 0 Å². The molecule has 0 aromatic heterocycles. The highest BCUT2D eigenvalue weighted by Crippen LogP contribution is 2.40. The zero-order valence-corrected chi connectivity index (χ0v) is 14.6. The number of hydrogen-bond donors (Lipinski definition) is 0. The summed E-state index contributed by atoms with van der Waals surface area (Å²) in [6.07, 6.45) is 4.25. The first-order chi connectivity index (χ1) is 9.51. The molecule has 0 heterocycles. The second kappa shape index (κ2) is 6.59. The van der Waals surface area contributed by atoms with Crippen LogP contribution in [0.3, 0.4) is 0 Å². The maximum absolute atomic E-state index is 4.78. The zero-order valence-electron chi connectivity index (χ0n) is 12.8. The molecule has 0 saturated carbocycles. The summed E-state index contributed by atoms with van der Waals surface area (Å²) in [7, 11) is -1.22. The van der Waals surface area contributed by atoms with Crippen molar-refractivity contribution in [3.63, 3.8) is 0 Å². The Morgan fingerprint density at radius 2 is 1.85 bits per heavy atom. The van der Waals surface area contributed by atoms with Crippen molar-refractivity contribution < 1.29 is 0 Å². The van der Waals surface area contributed by atoms with E-state index in [-0.39, 0.29) is 0 Å². The van der Waals surface area contributed by atoms with Gasteiger partial charge in [-0.1, -0.05) is 63.3 Å². The SMILES string of the molecule is CCCC=Nc1c(S[Si](C)(C)C)ccc2ccccc12. The summed E-state index contributed by atoms with van der Waals surface area (Å²) < 4.78 is 0. The first kappa shape index (κ1) is 15.3. The lowest BCUT2D eigenvalue weighted by Gasteiger charge is -2.17. The van der Waals surface area contributed by atoms with Crippen LogP contribution >= 0.6 is 11.2 Å². The Morgan fingerprint density at radius 3 is 2.55 bits per heavy atom. The fourth-order valence-corrected chi connectivity index (χ4v) is 5.59. The van der Waals surface area contributed by atoms with Crippen LogP contribution in [0.1, 0.15) is 19.8 Å². The molecule has 0 atom stereocenters. The average molecular weight is 302 g/mol. The topological polar surface area (TPSA) is 12.4 Å². The van der Waals surface area contributed by atoms with E-state index in [9.17, 15) is 0 Å². The zero-order chi connectivity index (χ0) is 14.6. The first-order valence-corrected chi connectivity index (χ1v) is 12.3. The van der Waals surface area contributed by atoms with Crippen LogP contribution in [0.5, 0.6) is 0 Å². The van der Waals surface area contributed by atoms with Gasteiger partial charge in [-0.2, -0.15) is 0 Å². The van der Waals surface area contributed by atoms with Gasteiger partial charge in [-0.3, -0.25) is 4.99 Å². The van der Waals surface area contributed by atoms with Gasteiger partial charge in [0.25, 0.3) is 0 Å². The molecule has 2 rings (SSSR count). The molecule has 0 aliphatic carbocycles. The van der Waals surface area contributed by atoms with Gasteiger partial charge in [0.1, 0.15) is 7.22 Å². The lowest BCUT2D eigenvalue weighted by molar-refractivity contribution is 1.01. The fourth-order valence-electron chi connectivity index (χ4n) is 2.07. The highest BCUT2D eigenvalue weighted by atomic mass is 32.4. The fraction of sp³-hybridized carbons (Fsp3) is 0.353. The number of benzene rings is 2. The van der Waals surface area contributed by atoms with Gasteiger partial charge in [0, 0.05) is 16.5 Å². The van der Waals surface area contributed by atoms with Gasteiger partial charge < -0.3 is 0 Å². The Labute approximate surface area is 127 Å². The monoisotopic (exact) mass is 301 g/mol. The highest BCUT2D eigenvalue weighted by molar-refractivity contribution is 8.28. The molecule has 2 aromatic carbocycles. The van der Waals surface area contributed by atoms with E-state index in [4.69, 9.17) is 4.99 Å². The number of nitrogens with zero attached hydrogens (tertiary/aromatic N) is 1. The molecule has 0 saturated heterocycles. The second-order valence-corrected chi connectivity index (χ2v) is 15.1. The third-order valence-electron chi connectivity index (χ3n) is 2.92. The molecular formula is C17H23NSSi. The number of hydrogen-bond acceptors (Lipinski definition) is 2. The molecule has 0 fully saturated rings. The Kier molecular flexibility index (Phi) is 5.05. The van der Waals surface area contributed by atoms with E-state index in [0.717, 1.165) is 18.5 Å². The van der Waals surface area contributed by atoms with Gasteiger partial charge in [-0.15, -0.1) is 11.2 Å². The first-order valence-electron chi connectivity index (χ1n) is 7.24. The van der Waals surface area contributed by atoms with Crippen LogP contribution in [0.15, 0.2) is 46.3 Å². The smallest absolute Gasteiger partial charge is 0.114 e. The maximum Gasteiger partial charge on any atom is 0.114 e. The van der Waals surface area contributed by atoms with Crippen molar-refractivity contribution in [2.75, 3.05) is 0 Å². The minimum Gasteiger partial charge on any atom is -0.259 e. The molecule has 0 amide bonds. The largest absolute Gasteiger partial charge is 0.259 e. The third-order valence-corrected chi connectivity index (χ3v) is 6.58. The molecule has 0 bridgehead atoms. The van der Waals surface area contributed by atoms with Crippen LogP contribution < -0.4 is 0 Å². The third kappa shape index (κ3) is 3.97. The van der Waals surface area contributed by atoms with Crippen molar-refractivity contribution in [3.05, 3.63) is 36.4 Å². The highest BCUT2D eigenvalue weighted by Gasteiger charge is 2.18. The van der Waals surface area contributed by atoms with E-state index in [2.05, 4.69) is 69.2 Å². The molecule has 1 nitrogen and oxygen atoms in total. The van der Waals surface area contributed by atoms with Gasteiger partial charge in [0.15, 0.2) is 0 Å². The Bertz CT molecular complexity index is 614. The summed E-state index contributed by atoms with van der Waals surface area (Å²) in [5.74, 6) is 0. The summed E-state index contributed by atoms with van der Waals surface area (Å²) in [4.78, 5) is 6.11. The second-order valence-electron chi connectivity index (χ2n) is 5.95. The van der Waals surface area contributed by atoms with Crippen LogP contribution in [0.2, 0.25) is 19.6 Å². The van der Waals surface area contributed by atoms with Crippen LogP contribution in [-0.4, -0.2) is 13.4 Å².